The topological polar surface area (TPSA) is 46.2 Å². The third kappa shape index (κ3) is 2.44. The molecule has 14 heavy (non-hydrogen) atoms. The zero-order valence-electron chi connectivity index (χ0n) is 7.87. The van der Waals surface area contributed by atoms with E-state index in [4.69, 9.17) is 17.3 Å². The molecule has 0 aliphatic heterocycles. The highest BCUT2D eigenvalue weighted by Gasteiger charge is 2.17. The molecular weight excluding hydrogens is 205 g/mol. The van der Waals surface area contributed by atoms with Gasteiger partial charge in [-0.3, -0.25) is 0 Å². The van der Waals surface area contributed by atoms with E-state index in [1.54, 1.807) is 0 Å². The Kier molecular flexibility index (Phi) is 3.86. The first-order valence-corrected chi connectivity index (χ1v) is 4.82. The predicted octanol–water partition coefficient (Wildman–Crippen LogP) is 2.25. The minimum absolute atomic E-state index is 0.210. The number of benzene rings is 1. The van der Waals surface area contributed by atoms with Crippen molar-refractivity contribution >= 4 is 11.6 Å². The van der Waals surface area contributed by atoms with Crippen molar-refractivity contribution in [3.05, 3.63) is 34.6 Å². The summed E-state index contributed by atoms with van der Waals surface area (Å²) in [4.78, 5) is 0. The fourth-order valence-electron chi connectivity index (χ4n) is 1.20. The van der Waals surface area contributed by atoms with E-state index >= 15 is 0 Å². The molecule has 0 spiro atoms. The molecule has 0 aromatic heterocycles. The van der Waals surface area contributed by atoms with Crippen LogP contribution in [-0.2, 0) is 0 Å². The first kappa shape index (κ1) is 11.4. The van der Waals surface area contributed by atoms with Crippen molar-refractivity contribution < 1.29 is 9.50 Å². The van der Waals surface area contributed by atoms with E-state index in [2.05, 4.69) is 0 Å². The molecule has 4 heteroatoms. The quantitative estimate of drug-likeness (QED) is 0.816. The summed E-state index contributed by atoms with van der Waals surface area (Å²) < 4.78 is 12.7. The number of hydrogen-bond donors (Lipinski definition) is 2. The van der Waals surface area contributed by atoms with Crippen LogP contribution in [0.2, 0.25) is 5.02 Å². The van der Waals surface area contributed by atoms with Gasteiger partial charge in [0.05, 0.1) is 6.10 Å². The lowest BCUT2D eigenvalue weighted by atomic mass is 10.0. The summed E-state index contributed by atoms with van der Waals surface area (Å²) >= 11 is 5.77. The Hall–Kier alpha value is -0.640. The lowest BCUT2D eigenvalue weighted by molar-refractivity contribution is 0.144. The van der Waals surface area contributed by atoms with Crippen LogP contribution < -0.4 is 5.73 Å². The summed E-state index contributed by atoms with van der Waals surface area (Å²) in [5.41, 5.74) is 6.13. The molecule has 1 rings (SSSR count). The van der Waals surface area contributed by atoms with Gasteiger partial charge in [-0.05, 0) is 18.6 Å². The second kappa shape index (κ2) is 4.73. The van der Waals surface area contributed by atoms with Gasteiger partial charge in [-0.15, -0.1) is 0 Å². The van der Waals surface area contributed by atoms with Crippen molar-refractivity contribution in [1.82, 2.24) is 0 Å². The van der Waals surface area contributed by atoms with E-state index in [1.165, 1.54) is 18.2 Å². The zero-order valence-corrected chi connectivity index (χ0v) is 8.63. The molecule has 3 N–H and O–H groups in total. The summed E-state index contributed by atoms with van der Waals surface area (Å²) in [5.74, 6) is -0.420. The van der Waals surface area contributed by atoms with Crippen molar-refractivity contribution in [3.63, 3.8) is 0 Å². The zero-order chi connectivity index (χ0) is 10.7. The average molecular weight is 218 g/mol. The molecule has 0 aliphatic carbocycles. The van der Waals surface area contributed by atoms with Crippen LogP contribution in [0.5, 0.6) is 0 Å². The summed E-state index contributed by atoms with van der Waals surface area (Å²) in [5, 5.41) is 9.94. The number of aliphatic hydroxyl groups excluding tert-OH is 1. The minimum Gasteiger partial charge on any atom is -0.387 e. The third-order valence-electron chi connectivity index (χ3n) is 2.16. The molecule has 0 saturated heterocycles. The van der Waals surface area contributed by atoms with Crippen LogP contribution in [-0.4, -0.2) is 11.1 Å². The molecule has 0 saturated carbocycles. The Morgan fingerprint density at radius 1 is 1.57 bits per heavy atom. The number of hydrogen-bond acceptors (Lipinski definition) is 2. The third-order valence-corrected chi connectivity index (χ3v) is 2.49. The van der Waals surface area contributed by atoms with Crippen LogP contribution in [0.1, 0.15) is 25.0 Å². The average Bonchev–Trinajstić information content (AvgIpc) is 2.15. The fourth-order valence-corrected chi connectivity index (χ4v) is 1.47. The molecule has 0 bridgehead atoms. The molecule has 0 unspecified atom stereocenters. The Morgan fingerprint density at radius 3 is 2.71 bits per heavy atom. The van der Waals surface area contributed by atoms with Gasteiger partial charge in [-0.1, -0.05) is 24.6 Å². The van der Waals surface area contributed by atoms with Crippen molar-refractivity contribution in [2.45, 2.75) is 25.5 Å². The van der Waals surface area contributed by atoms with Crippen LogP contribution in [0.25, 0.3) is 0 Å². The molecule has 78 valence electrons. The second-order valence-electron chi connectivity index (χ2n) is 3.18. The van der Waals surface area contributed by atoms with Crippen molar-refractivity contribution in [1.29, 1.82) is 0 Å². The number of halogens is 2. The van der Waals surface area contributed by atoms with E-state index < -0.39 is 11.9 Å². The highest BCUT2D eigenvalue weighted by Crippen LogP contribution is 2.26. The van der Waals surface area contributed by atoms with Crippen LogP contribution >= 0.6 is 11.6 Å². The Bertz CT molecular complexity index is 319. The van der Waals surface area contributed by atoms with E-state index in [1.807, 2.05) is 6.92 Å². The van der Waals surface area contributed by atoms with E-state index in [0.29, 0.717) is 12.0 Å². The molecule has 2 atom stereocenters. The summed E-state index contributed by atoms with van der Waals surface area (Å²) in [6.07, 6.45) is -0.206. The SMILES string of the molecule is CC[C@@H](N)[C@@H](O)c1ccc(F)cc1Cl. The summed E-state index contributed by atoms with van der Waals surface area (Å²) in [7, 11) is 0. The van der Waals surface area contributed by atoms with Gasteiger partial charge in [-0.25, -0.2) is 4.39 Å². The lowest BCUT2D eigenvalue weighted by Crippen LogP contribution is -2.27. The first-order chi connectivity index (χ1) is 6.56. The molecular formula is C10H13ClFNO. The van der Waals surface area contributed by atoms with Crippen LogP contribution in [0, 0.1) is 5.82 Å². The normalized spacial score (nSPS) is 15.2. The number of rotatable bonds is 3. The van der Waals surface area contributed by atoms with Gasteiger partial charge < -0.3 is 10.8 Å². The maximum absolute atomic E-state index is 12.7. The van der Waals surface area contributed by atoms with Gasteiger partial charge in [0.25, 0.3) is 0 Å². The molecule has 1 aromatic rings. The van der Waals surface area contributed by atoms with Crippen LogP contribution in [0.15, 0.2) is 18.2 Å². The Balaban J connectivity index is 2.95. The minimum atomic E-state index is -0.840. The van der Waals surface area contributed by atoms with Gasteiger partial charge >= 0.3 is 0 Å². The van der Waals surface area contributed by atoms with Gasteiger partial charge in [0.1, 0.15) is 5.82 Å². The summed E-state index contributed by atoms with van der Waals surface area (Å²) in [6.45, 7) is 1.87. The van der Waals surface area contributed by atoms with Crippen molar-refractivity contribution in [3.8, 4) is 0 Å². The highest BCUT2D eigenvalue weighted by atomic mass is 35.5. The molecule has 0 heterocycles. The number of aliphatic hydroxyl groups is 1. The molecule has 0 aliphatic rings. The maximum atomic E-state index is 12.7. The largest absolute Gasteiger partial charge is 0.387 e. The highest BCUT2D eigenvalue weighted by molar-refractivity contribution is 6.31. The predicted molar refractivity (Wildman–Crippen MR) is 54.6 cm³/mol. The monoisotopic (exact) mass is 217 g/mol. The standard InChI is InChI=1S/C10H13ClFNO/c1-2-9(13)10(14)7-4-3-6(12)5-8(7)11/h3-5,9-10,14H,2,13H2,1H3/t9-,10+/m1/s1. The molecule has 0 fully saturated rings. The smallest absolute Gasteiger partial charge is 0.124 e. The molecule has 2 nitrogen and oxygen atoms in total. The van der Waals surface area contributed by atoms with Gasteiger partial charge in [0.2, 0.25) is 0 Å². The van der Waals surface area contributed by atoms with Gasteiger partial charge in [0, 0.05) is 16.6 Å². The van der Waals surface area contributed by atoms with Crippen LogP contribution in [0.4, 0.5) is 4.39 Å². The molecule has 0 radical (unpaired) electrons. The van der Waals surface area contributed by atoms with Gasteiger partial charge in [0.15, 0.2) is 0 Å². The maximum Gasteiger partial charge on any atom is 0.124 e. The second-order valence-corrected chi connectivity index (χ2v) is 3.59. The Labute approximate surface area is 87.5 Å². The van der Waals surface area contributed by atoms with E-state index in [9.17, 15) is 9.50 Å². The fraction of sp³-hybridized carbons (Fsp3) is 0.400. The first-order valence-electron chi connectivity index (χ1n) is 4.44. The van der Waals surface area contributed by atoms with E-state index in [0.717, 1.165) is 0 Å². The lowest BCUT2D eigenvalue weighted by Gasteiger charge is -2.18. The number of nitrogens with two attached hydrogens (primary N) is 1. The van der Waals surface area contributed by atoms with Crippen LogP contribution in [0.3, 0.4) is 0 Å². The molecule has 1 aromatic carbocycles. The summed E-state index contributed by atoms with van der Waals surface area (Å²) in [6, 6.07) is 3.51. The van der Waals surface area contributed by atoms with Gasteiger partial charge in [-0.2, -0.15) is 0 Å². The van der Waals surface area contributed by atoms with E-state index in [-0.39, 0.29) is 11.1 Å². The molecule has 0 amide bonds. The van der Waals surface area contributed by atoms with Crippen molar-refractivity contribution in [2.75, 3.05) is 0 Å². The van der Waals surface area contributed by atoms with Crippen molar-refractivity contribution in [2.24, 2.45) is 5.73 Å². The Morgan fingerprint density at radius 2 is 2.21 bits per heavy atom.